The first-order chi connectivity index (χ1) is 10.2. The van der Waals surface area contributed by atoms with Crippen molar-refractivity contribution >= 4 is 11.3 Å². The number of hydrogen-bond acceptors (Lipinski definition) is 3. The molecule has 0 spiro atoms. The minimum atomic E-state index is 0.912. The van der Waals surface area contributed by atoms with Gasteiger partial charge in [-0.3, -0.25) is 0 Å². The molecule has 0 aliphatic heterocycles. The number of para-hydroxylation sites is 1. The fourth-order valence-corrected chi connectivity index (χ4v) is 3.55. The first-order valence-electron chi connectivity index (χ1n) is 7.04. The molecular formula is C17H19N3S. The minimum Gasteiger partial charge on any atom is -0.315 e. The molecule has 0 fully saturated rings. The summed E-state index contributed by atoms with van der Waals surface area (Å²) in [5, 5.41) is 10.1. The molecule has 0 radical (unpaired) electrons. The van der Waals surface area contributed by atoms with Gasteiger partial charge in [0.2, 0.25) is 0 Å². The van der Waals surface area contributed by atoms with E-state index in [4.69, 9.17) is 5.10 Å². The lowest BCUT2D eigenvalue weighted by Gasteiger charge is -2.04. The van der Waals surface area contributed by atoms with Gasteiger partial charge < -0.3 is 5.32 Å². The second-order valence-electron chi connectivity index (χ2n) is 5.13. The third-order valence-corrected chi connectivity index (χ3v) is 4.52. The lowest BCUT2D eigenvalue weighted by Crippen LogP contribution is -2.02. The van der Waals surface area contributed by atoms with Crippen LogP contribution < -0.4 is 5.32 Å². The second-order valence-corrected chi connectivity index (χ2v) is 6.12. The number of benzene rings is 1. The molecule has 0 amide bonds. The number of hydrogen-bond donors (Lipinski definition) is 1. The van der Waals surface area contributed by atoms with Crippen LogP contribution in [0.15, 0.2) is 41.8 Å². The lowest BCUT2D eigenvalue weighted by molar-refractivity contribution is 0.831. The molecule has 0 unspecified atom stereocenters. The summed E-state index contributed by atoms with van der Waals surface area (Å²) in [6.07, 6.45) is 0. The second kappa shape index (κ2) is 5.84. The minimum absolute atomic E-state index is 0.912. The highest BCUT2D eigenvalue weighted by Gasteiger charge is 2.15. The van der Waals surface area contributed by atoms with E-state index in [1.54, 1.807) is 11.3 Å². The fraction of sp³-hybridized carbons (Fsp3) is 0.235. The van der Waals surface area contributed by atoms with E-state index in [1.807, 2.05) is 29.9 Å². The number of nitrogens with one attached hydrogen (secondary N) is 1. The Morgan fingerprint density at radius 1 is 1.19 bits per heavy atom. The van der Waals surface area contributed by atoms with Crippen LogP contribution in [0.5, 0.6) is 0 Å². The van der Waals surface area contributed by atoms with E-state index in [1.165, 1.54) is 21.7 Å². The van der Waals surface area contributed by atoms with Crippen molar-refractivity contribution in [3.05, 3.63) is 58.0 Å². The van der Waals surface area contributed by atoms with E-state index in [9.17, 15) is 0 Å². The van der Waals surface area contributed by atoms with Crippen molar-refractivity contribution in [1.29, 1.82) is 0 Å². The van der Waals surface area contributed by atoms with E-state index >= 15 is 0 Å². The van der Waals surface area contributed by atoms with E-state index in [2.05, 4.69) is 42.7 Å². The van der Waals surface area contributed by atoms with Crippen molar-refractivity contribution in [3.63, 3.8) is 0 Å². The maximum atomic E-state index is 4.72. The first-order valence-corrected chi connectivity index (χ1v) is 7.92. The summed E-state index contributed by atoms with van der Waals surface area (Å²) in [4.78, 5) is 1.35. The standard InChI is InChI=1S/C17H19N3S/c1-12-17(14-9-16(10-18-3)21-11-14)13(2)20(19-12)15-7-5-4-6-8-15/h4-9,11,18H,10H2,1-3H3. The Balaban J connectivity index is 2.05. The Kier molecular flexibility index (Phi) is 3.90. The number of aryl methyl sites for hydroxylation is 1. The SMILES string of the molecule is CNCc1cc(-c2c(C)nn(-c3ccccc3)c2C)cs1. The van der Waals surface area contributed by atoms with Gasteiger partial charge in [-0.05, 0) is 50.0 Å². The van der Waals surface area contributed by atoms with Crippen LogP contribution in [0.1, 0.15) is 16.3 Å². The average Bonchev–Trinajstić information content (AvgIpc) is 3.05. The topological polar surface area (TPSA) is 29.9 Å². The highest BCUT2D eigenvalue weighted by Crippen LogP contribution is 2.32. The summed E-state index contributed by atoms with van der Waals surface area (Å²) in [6, 6.07) is 12.5. The van der Waals surface area contributed by atoms with E-state index < -0.39 is 0 Å². The third-order valence-electron chi connectivity index (χ3n) is 3.59. The molecule has 1 aromatic carbocycles. The van der Waals surface area contributed by atoms with Crippen LogP contribution >= 0.6 is 11.3 Å². The van der Waals surface area contributed by atoms with Gasteiger partial charge in [0.15, 0.2) is 0 Å². The molecule has 0 bridgehead atoms. The van der Waals surface area contributed by atoms with Crippen LogP contribution in [0.3, 0.4) is 0 Å². The normalized spacial score (nSPS) is 11.0. The van der Waals surface area contributed by atoms with Gasteiger partial charge >= 0.3 is 0 Å². The number of nitrogens with zero attached hydrogens (tertiary/aromatic N) is 2. The maximum Gasteiger partial charge on any atom is 0.0679 e. The summed E-state index contributed by atoms with van der Waals surface area (Å²) < 4.78 is 2.03. The van der Waals surface area contributed by atoms with Gasteiger partial charge in [-0.1, -0.05) is 18.2 Å². The summed E-state index contributed by atoms with van der Waals surface area (Å²) in [5.41, 5.74) is 5.88. The van der Waals surface area contributed by atoms with Gasteiger partial charge in [0.25, 0.3) is 0 Å². The van der Waals surface area contributed by atoms with E-state index in [0.29, 0.717) is 0 Å². The van der Waals surface area contributed by atoms with Crippen molar-refractivity contribution in [2.75, 3.05) is 7.05 Å². The molecule has 2 aromatic heterocycles. The van der Waals surface area contributed by atoms with Crippen molar-refractivity contribution in [1.82, 2.24) is 15.1 Å². The molecule has 108 valence electrons. The predicted octanol–water partition coefficient (Wildman–Crippen LogP) is 3.94. The van der Waals surface area contributed by atoms with Crippen molar-refractivity contribution < 1.29 is 0 Å². The number of rotatable bonds is 4. The van der Waals surface area contributed by atoms with Crippen molar-refractivity contribution in [3.8, 4) is 16.8 Å². The van der Waals surface area contributed by atoms with Gasteiger partial charge in [0.1, 0.15) is 0 Å². The number of aromatic nitrogens is 2. The summed E-state index contributed by atoms with van der Waals surface area (Å²) in [5.74, 6) is 0. The molecule has 3 rings (SSSR count). The summed E-state index contributed by atoms with van der Waals surface area (Å²) in [6.45, 7) is 5.13. The zero-order valence-electron chi connectivity index (χ0n) is 12.6. The van der Waals surface area contributed by atoms with Crippen LogP contribution in [0.2, 0.25) is 0 Å². The zero-order valence-corrected chi connectivity index (χ0v) is 13.4. The monoisotopic (exact) mass is 297 g/mol. The van der Waals surface area contributed by atoms with Gasteiger partial charge in [-0.2, -0.15) is 5.10 Å². The molecule has 3 aromatic rings. The highest BCUT2D eigenvalue weighted by molar-refractivity contribution is 7.10. The Bertz CT molecular complexity index is 741. The van der Waals surface area contributed by atoms with Crippen LogP contribution in [-0.4, -0.2) is 16.8 Å². The molecular weight excluding hydrogens is 278 g/mol. The molecule has 4 heteroatoms. The Hall–Kier alpha value is -1.91. The Morgan fingerprint density at radius 3 is 2.67 bits per heavy atom. The van der Waals surface area contributed by atoms with Gasteiger partial charge in [-0.25, -0.2) is 4.68 Å². The van der Waals surface area contributed by atoms with E-state index in [-0.39, 0.29) is 0 Å². The maximum absolute atomic E-state index is 4.72. The molecule has 0 aliphatic carbocycles. The molecule has 0 saturated heterocycles. The summed E-state index contributed by atoms with van der Waals surface area (Å²) >= 11 is 1.79. The van der Waals surface area contributed by atoms with Crippen LogP contribution in [0.4, 0.5) is 0 Å². The fourth-order valence-electron chi connectivity index (χ4n) is 2.66. The largest absolute Gasteiger partial charge is 0.315 e. The quantitative estimate of drug-likeness (QED) is 0.790. The highest BCUT2D eigenvalue weighted by atomic mass is 32.1. The lowest BCUT2D eigenvalue weighted by atomic mass is 10.1. The van der Waals surface area contributed by atoms with Gasteiger partial charge in [0, 0.05) is 22.7 Å². The predicted molar refractivity (Wildman–Crippen MR) is 89.1 cm³/mol. The van der Waals surface area contributed by atoms with Gasteiger partial charge in [-0.15, -0.1) is 11.3 Å². The smallest absolute Gasteiger partial charge is 0.0679 e. The van der Waals surface area contributed by atoms with E-state index in [0.717, 1.165) is 17.9 Å². The van der Waals surface area contributed by atoms with Crippen molar-refractivity contribution in [2.45, 2.75) is 20.4 Å². The molecule has 21 heavy (non-hydrogen) atoms. The average molecular weight is 297 g/mol. The zero-order chi connectivity index (χ0) is 14.8. The Labute approximate surface area is 129 Å². The number of thiophene rings is 1. The Morgan fingerprint density at radius 2 is 1.95 bits per heavy atom. The molecule has 0 atom stereocenters. The van der Waals surface area contributed by atoms with Crippen LogP contribution in [-0.2, 0) is 6.54 Å². The molecule has 2 heterocycles. The molecule has 0 saturated carbocycles. The molecule has 3 nitrogen and oxygen atoms in total. The third kappa shape index (κ3) is 2.64. The molecule has 1 N–H and O–H groups in total. The van der Waals surface area contributed by atoms with Gasteiger partial charge in [0.05, 0.1) is 11.4 Å². The molecule has 0 aliphatic rings. The van der Waals surface area contributed by atoms with Crippen molar-refractivity contribution in [2.24, 2.45) is 0 Å². The first kappa shape index (κ1) is 14.0. The van der Waals surface area contributed by atoms with Crippen LogP contribution in [0.25, 0.3) is 16.8 Å². The summed E-state index contributed by atoms with van der Waals surface area (Å²) in [7, 11) is 1.98. The van der Waals surface area contributed by atoms with Crippen LogP contribution in [0, 0.1) is 13.8 Å².